The molecule has 1 aliphatic heterocycles. The molecule has 8 heteroatoms. The van der Waals surface area contributed by atoms with Crippen LogP contribution in [0.3, 0.4) is 0 Å². The lowest BCUT2D eigenvalue weighted by Crippen LogP contribution is -2.57. The number of benzene rings is 1. The predicted octanol–water partition coefficient (Wildman–Crippen LogP) is 2.75. The molecule has 0 unspecified atom stereocenters. The number of amides is 1. The number of carbonyl (C=O) groups excluding carboxylic acids is 1. The van der Waals surface area contributed by atoms with Crippen molar-refractivity contribution in [1.29, 1.82) is 0 Å². The number of anilines is 1. The first-order chi connectivity index (χ1) is 14.8. The van der Waals surface area contributed by atoms with Crippen molar-refractivity contribution in [3.63, 3.8) is 0 Å². The van der Waals surface area contributed by atoms with Crippen molar-refractivity contribution in [2.24, 2.45) is 5.14 Å². The Balaban J connectivity index is 1.36. The van der Waals surface area contributed by atoms with Crippen molar-refractivity contribution in [2.75, 3.05) is 24.5 Å². The number of nitrogens with one attached hydrogen (secondary N) is 1. The number of carbonyl (C=O) groups is 1. The number of fused-ring (bicyclic) bond motifs is 1. The fraction of sp³-hybridized carbons (Fsp3) is 0.261. The van der Waals surface area contributed by atoms with E-state index < -0.39 is 9.39 Å². The third-order valence-corrected chi connectivity index (χ3v) is 7.50. The molecule has 160 valence electrons. The standard InChI is InChI=1S/C23H26N6OS/c1-16(17-4-6-18(7-5-17)31(2,3)24)22(30)29-13-12-28(14-23(29)9-10-23)21-19-8-11-25-20(19)26-15-27-21/h4-8,11,15H,1-3,9-10,12-14,24H2,(H,25,26,27). The van der Waals surface area contributed by atoms with E-state index in [4.69, 9.17) is 5.14 Å². The van der Waals surface area contributed by atoms with E-state index >= 15 is 0 Å². The van der Waals surface area contributed by atoms with Crippen LogP contribution < -0.4 is 10.0 Å². The molecule has 1 spiro atoms. The van der Waals surface area contributed by atoms with Crippen LogP contribution in [-0.2, 0) is 4.79 Å². The van der Waals surface area contributed by atoms with E-state index in [0.29, 0.717) is 12.1 Å². The Bertz CT molecular complexity index is 1290. The Morgan fingerprint density at radius 3 is 2.55 bits per heavy atom. The van der Waals surface area contributed by atoms with Gasteiger partial charge in [0.05, 0.1) is 10.9 Å². The van der Waals surface area contributed by atoms with E-state index in [1.54, 1.807) is 6.33 Å². The fourth-order valence-corrected chi connectivity index (χ4v) is 5.05. The summed E-state index contributed by atoms with van der Waals surface area (Å²) < 4.78 is 0. The highest BCUT2D eigenvalue weighted by atomic mass is 32.2. The van der Waals surface area contributed by atoms with Crippen molar-refractivity contribution in [3.8, 4) is 0 Å². The zero-order chi connectivity index (χ0) is 21.8. The molecule has 2 aromatic heterocycles. The second-order valence-electron chi connectivity index (χ2n) is 8.49. The van der Waals surface area contributed by atoms with Crippen LogP contribution in [0.25, 0.3) is 16.6 Å². The number of aromatic amines is 1. The van der Waals surface area contributed by atoms with Crippen molar-refractivity contribution in [1.82, 2.24) is 19.9 Å². The summed E-state index contributed by atoms with van der Waals surface area (Å²) in [6.07, 6.45) is 5.45. The monoisotopic (exact) mass is 434 g/mol. The van der Waals surface area contributed by atoms with Gasteiger partial charge in [-0.3, -0.25) is 9.93 Å². The molecule has 1 aliphatic carbocycles. The molecule has 1 amide bonds. The van der Waals surface area contributed by atoms with Crippen LogP contribution in [0.4, 0.5) is 5.82 Å². The molecular weight excluding hydrogens is 408 g/mol. The predicted molar refractivity (Wildman–Crippen MR) is 130 cm³/mol. The van der Waals surface area contributed by atoms with E-state index in [9.17, 15) is 4.79 Å². The largest absolute Gasteiger partial charge is 0.352 e. The molecule has 0 bridgehead atoms. The molecule has 1 saturated carbocycles. The number of nitrogens with two attached hydrogens (primary N) is 1. The summed E-state index contributed by atoms with van der Waals surface area (Å²) >= 11 is 0. The number of rotatable bonds is 4. The molecule has 3 N–H and O–H groups in total. The average Bonchev–Trinajstić information content (AvgIpc) is 3.33. The van der Waals surface area contributed by atoms with Crippen LogP contribution in [0, 0.1) is 0 Å². The van der Waals surface area contributed by atoms with Gasteiger partial charge >= 0.3 is 0 Å². The fourth-order valence-electron chi connectivity index (χ4n) is 4.37. The quantitative estimate of drug-likeness (QED) is 0.487. The third kappa shape index (κ3) is 3.41. The van der Waals surface area contributed by atoms with Gasteiger partial charge in [-0.05, 0) is 36.6 Å². The number of hydrogen-bond acceptors (Lipinski definition) is 5. The number of aromatic nitrogens is 3. The van der Waals surface area contributed by atoms with E-state index in [2.05, 4.69) is 38.2 Å². The number of hydrogen-bond donors (Lipinski definition) is 2. The molecule has 31 heavy (non-hydrogen) atoms. The minimum Gasteiger partial charge on any atom is -0.352 e. The van der Waals surface area contributed by atoms with Gasteiger partial charge in [0.25, 0.3) is 5.91 Å². The molecule has 7 nitrogen and oxygen atoms in total. The Labute approximate surface area is 182 Å². The minimum absolute atomic E-state index is 0.00464. The normalized spacial score (nSPS) is 17.8. The van der Waals surface area contributed by atoms with Gasteiger partial charge in [0, 0.05) is 36.3 Å². The van der Waals surface area contributed by atoms with Crippen LogP contribution in [0.5, 0.6) is 0 Å². The Kier molecular flexibility index (Phi) is 4.46. The molecule has 3 heterocycles. The summed E-state index contributed by atoms with van der Waals surface area (Å²) in [5, 5.41) is 7.05. The average molecular weight is 435 g/mol. The van der Waals surface area contributed by atoms with Gasteiger partial charge in [0.2, 0.25) is 0 Å². The van der Waals surface area contributed by atoms with Crippen molar-refractivity contribution >= 4 is 49.5 Å². The van der Waals surface area contributed by atoms with Crippen molar-refractivity contribution in [2.45, 2.75) is 23.3 Å². The van der Waals surface area contributed by atoms with Gasteiger partial charge in [-0.15, -0.1) is 9.39 Å². The van der Waals surface area contributed by atoms with Gasteiger partial charge in [0.15, 0.2) is 0 Å². The lowest BCUT2D eigenvalue weighted by Gasteiger charge is -2.43. The van der Waals surface area contributed by atoms with E-state index in [1.165, 1.54) is 0 Å². The molecule has 0 radical (unpaired) electrons. The van der Waals surface area contributed by atoms with E-state index in [0.717, 1.165) is 53.2 Å². The van der Waals surface area contributed by atoms with Crippen LogP contribution in [0.1, 0.15) is 18.4 Å². The lowest BCUT2D eigenvalue weighted by atomic mass is 10.0. The maximum absolute atomic E-state index is 13.4. The third-order valence-electron chi connectivity index (χ3n) is 6.29. The van der Waals surface area contributed by atoms with Crippen molar-refractivity contribution < 1.29 is 4.79 Å². The highest BCUT2D eigenvalue weighted by Gasteiger charge is 2.53. The van der Waals surface area contributed by atoms with Crippen LogP contribution in [-0.4, -0.2) is 62.7 Å². The first-order valence-corrected chi connectivity index (χ1v) is 12.2. The van der Waals surface area contributed by atoms with Crippen LogP contribution >= 0.6 is 9.39 Å². The summed E-state index contributed by atoms with van der Waals surface area (Å²) in [5.41, 5.74) is 1.99. The van der Waals surface area contributed by atoms with Gasteiger partial charge in [-0.1, -0.05) is 30.5 Å². The van der Waals surface area contributed by atoms with Crippen LogP contribution in [0.15, 0.2) is 54.3 Å². The Morgan fingerprint density at radius 2 is 1.87 bits per heavy atom. The molecule has 1 aromatic carbocycles. The molecule has 2 aliphatic rings. The second-order valence-corrected chi connectivity index (χ2v) is 10.8. The summed E-state index contributed by atoms with van der Waals surface area (Å²) in [7, 11) is -1.78. The minimum atomic E-state index is -1.78. The molecule has 2 fully saturated rings. The second kappa shape index (κ2) is 6.96. The van der Waals surface area contributed by atoms with E-state index in [1.807, 2.05) is 41.4 Å². The summed E-state index contributed by atoms with van der Waals surface area (Å²) in [4.78, 5) is 30.5. The maximum atomic E-state index is 13.4. The number of nitrogens with zero attached hydrogens (tertiary/aromatic N) is 4. The first kappa shape index (κ1) is 19.8. The topological polar surface area (TPSA) is 91.1 Å². The molecule has 1 saturated heterocycles. The highest BCUT2D eigenvalue weighted by Crippen LogP contribution is 2.46. The Morgan fingerprint density at radius 1 is 1.13 bits per heavy atom. The SMILES string of the molecule is C=C(C(=O)N1CCN(c2ncnc3[nH]ccc23)CC12CC2)c1ccc(S(=C)(=C)N)cc1. The smallest absolute Gasteiger partial charge is 0.254 e. The van der Waals surface area contributed by atoms with Gasteiger partial charge in [-0.25, -0.2) is 9.97 Å². The molecule has 3 aromatic rings. The van der Waals surface area contributed by atoms with Crippen molar-refractivity contribution in [3.05, 3.63) is 55.0 Å². The summed E-state index contributed by atoms with van der Waals surface area (Å²) in [5.74, 6) is 8.79. The molecule has 5 rings (SSSR count). The molecular formula is C23H26N6OS. The number of piperazine rings is 1. The number of H-pyrrole nitrogens is 1. The lowest BCUT2D eigenvalue weighted by molar-refractivity contribution is -0.128. The summed E-state index contributed by atoms with van der Waals surface area (Å²) in [6, 6.07) is 9.57. The molecule has 0 atom stereocenters. The van der Waals surface area contributed by atoms with Gasteiger partial charge in [-0.2, -0.15) is 0 Å². The summed E-state index contributed by atoms with van der Waals surface area (Å²) in [6.45, 7) is 6.24. The van der Waals surface area contributed by atoms with Gasteiger partial charge < -0.3 is 14.8 Å². The first-order valence-electron chi connectivity index (χ1n) is 10.2. The van der Waals surface area contributed by atoms with E-state index in [-0.39, 0.29) is 11.4 Å². The Hall–Kier alpha value is -3.10. The maximum Gasteiger partial charge on any atom is 0.254 e. The highest BCUT2D eigenvalue weighted by molar-refractivity contribution is 8.26. The van der Waals surface area contributed by atoms with Crippen LogP contribution in [0.2, 0.25) is 0 Å². The van der Waals surface area contributed by atoms with Gasteiger partial charge in [0.1, 0.15) is 17.8 Å². The zero-order valence-corrected chi connectivity index (χ0v) is 18.2. The zero-order valence-electron chi connectivity index (χ0n) is 17.4.